The summed E-state index contributed by atoms with van der Waals surface area (Å²) in [4.78, 5) is 36.7. The fourth-order valence-electron chi connectivity index (χ4n) is 6.60. The number of carbonyl (C=O) groups excluding carboxylic acids is 1. The quantitative estimate of drug-likeness (QED) is 0.0532. The van der Waals surface area contributed by atoms with Gasteiger partial charge in [-0.3, -0.25) is 4.48 Å². The molecule has 0 saturated carbocycles. The van der Waals surface area contributed by atoms with E-state index in [1.54, 1.807) is 20.8 Å². The predicted octanol–water partition coefficient (Wildman–Crippen LogP) is 7.66. The number of carboxylic acids is 3. The van der Waals surface area contributed by atoms with Crippen LogP contribution >= 0.6 is 0 Å². The van der Waals surface area contributed by atoms with Crippen LogP contribution in [0, 0.1) is 0 Å². The van der Waals surface area contributed by atoms with Crippen LogP contribution in [0.3, 0.4) is 0 Å². The first-order valence-corrected chi connectivity index (χ1v) is 16.9. The first kappa shape index (κ1) is 39.1. The Labute approximate surface area is 251 Å². The molecule has 0 heterocycles. The highest BCUT2D eigenvalue weighted by atomic mass is 16.4. The minimum absolute atomic E-state index is 0.131. The van der Waals surface area contributed by atoms with Crippen molar-refractivity contribution in [2.24, 2.45) is 0 Å². The average Bonchev–Trinajstić information content (AvgIpc) is 2.92. The van der Waals surface area contributed by atoms with Gasteiger partial charge >= 0.3 is 11.9 Å². The lowest BCUT2D eigenvalue weighted by Gasteiger charge is -2.51. The molecule has 0 spiro atoms. The molecule has 0 fully saturated rings. The minimum Gasteiger partial charge on any atom is -0.544 e. The van der Waals surface area contributed by atoms with Crippen LogP contribution in [0.5, 0.6) is 0 Å². The molecule has 3 atom stereocenters. The van der Waals surface area contributed by atoms with E-state index in [1.807, 2.05) is 0 Å². The van der Waals surface area contributed by atoms with Crippen LogP contribution in [0.4, 0.5) is 0 Å². The number of nitrogens with zero attached hydrogens (tertiary/aromatic N) is 1. The summed E-state index contributed by atoms with van der Waals surface area (Å²) in [5, 5.41) is 32.2. The second-order valence-electron chi connectivity index (χ2n) is 11.8. The van der Waals surface area contributed by atoms with E-state index in [2.05, 4.69) is 19.1 Å². The first-order chi connectivity index (χ1) is 19.7. The Morgan fingerprint density at radius 1 is 0.561 bits per heavy atom. The van der Waals surface area contributed by atoms with E-state index >= 15 is 0 Å². The fourth-order valence-corrected chi connectivity index (χ4v) is 6.60. The Morgan fingerprint density at radius 3 is 1.22 bits per heavy atom. The summed E-state index contributed by atoms with van der Waals surface area (Å²) in [6, 6.07) is -3.37. The number of aliphatic carboxylic acids is 3. The smallest absolute Gasteiger partial charge is 0.362 e. The lowest BCUT2D eigenvalue weighted by Crippen LogP contribution is -2.73. The zero-order valence-electron chi connectivity index (χ0n) is 26.9. The van der Waals surface area contributed by atoms with Crippen molar-refractivity contribution < 1.29 is 34.2 Å². The molecule has 0 rings (SSSR count). The van der Waals surface area contributed by atoms with Gasteiger partial charge in [-0.25, -0.2) is 9.59 Å². The second-order valence-corrected chi connectivity index (χ2v) is 11.8. The van der Waals surface area contributed by atoms with Gasteiger partial charge in [0.15, 0.2) is 12.1 Å². The number of carbonyl (C=O) groups is 3. The maximum atomic E-state index is 12.2. The van der Waals surface area contributed by atoms with Crippen molar-refractivity contribution in [3.8, 4) is 0 Å². The Hall–Kier alpha value is -1.89. The number of quaternary nitrogens is 1. The fraction of sp³-hybridized carbons (Fsp3) is 0.853. The third-order valence-corrected chi connectivity index (χ3v) is 8.80. The molecule has 0 saturated heterocycles. The summed E-state index contributed by atoms with van der Waals surface area (Å²) in [7, 11) is 0. The Balaban J connectivity index is 4.42. The number of rotatable bonds is 29. The van der Waals surface area contributed by atoms with Crippen LogP contribution in [0.2, 0.25) is 0 Å². The molecule has 0 bridgehead atoms. The van der Waals surface area contributed by atoms with E-state index in [9.17, 15) is 29.7 Å². The highest BCUT2D eigenvalue weighted by Crippen LogP contribution is 2.32. The van der Waals surface area contributed by atoms with Crippen molar-refractivity contribution in [2.75, 3.05) is 6.54 Å². The monoisotopic (exact) mass is 581 g/mol. The van der Waals surface area contributed by atoms with E-state index in [0.717, 1.165) is 19.3 Å². The molecule has 0 aliphatic heterocycles. The van der Waals surface area contributed by atoms with Gasteiger partial charge in [0, 0.05) is 19.3 Å². The lowest BCUT2D eigenvalue weighted by molar-refractivity contribution is -0.974. The Bertz CT molecular complexity index is 667. The lowest BCUT2D eigenvalue weighted by atomic mass is 9.93. The molecule has 240 valence electrons. The maximum absolute atomic E-state index is 12.2. The summed E-state index contributed by atoms with van der Waals surface area (Å²) >= 11 is 0. The Kier molecular flexibility index (Phi) is 23.5. The van der Waals surface area contributed by atoms with Crippen molar-refractivity contribution in [3.05, 3.63) is 12.2 Å². The van der Waals surface area contributed by atoms with Gasteiger partial charge in [-0.15, -0.1) is 0 Å². The van der Waals surface area contributed by atoms with Crippen LogP contribution < -0.4 is 5.11 Å². The van der Waals surface area contributed by atoms with Crippen LogP contribution in [-0.4, -0.2) is 57.3 Å². The van der Waals surface area contributed by atoms with Gasteiger partial charge in [0.25, 0.3) is 0 Å². The van der Waals surface area contributed by atoms with Gasteiger partial charge in [-0.2, -0.15) is 0 Å². The van der Waals surface area contributed by atoms with Gasteiger partial charge < -0.3 is 20.1 Å². The standard InChI is InChI=1S/C34H63NO6/c1-5-9-10-11-12-13-14-15-16-17-18-19-20-21-22-23-24-25-26-27-28-35(29(6-2)32(36)37,30(7-3)33(38)39)31(8-4)34(40)41/h13-14,29-31H,5-12,15-28H2,1-4H3,(H2-,36,37,38,39,40,41)/b14-13+. The van der Waals surface area contributed by atoms with E-state index in [-0.39, 0.29) is 25.8 Å². The van der Waals surface area contributed by atoms with Gasteiger partial charge in [-0.1, -0.05) is 117 Å². The molecule has 0 aliphatic carbocycles. The summed E-state index contributed by atoms with van der Waals surface area (Å²) in [6.45, 7) is 7.52. The SMILES string of the molecule is CCCCCC/C=C/CCCCCCCCCCCCCC[N+](C(CC)C(=O)[O-])(C(CC)C(=O)O)C(CC)C(=O)O. The Morgan fingerprint density at radius 2 is 0.902 bits per heavy atom. The summed E-state index contributed by atoms with van der Waals surface area (Å²) < 4.78 is -0.466. The number of carboxylic acid groups (broad SMARTS) is 3. The molecule has 0 aliphatic rings. The normalized spacial score (nSPS) is 15.4. The van der Waals surface area contributed by atoms with Crippen LogP contribution in [0.1, 0.15) is 163 Å². The largest absolute Gasteiger partial charge is 0.544 e. The molecule has 0 amide bonds. The highest BCUT2D eigenvalue weighted by molar-refractivity contribution is 5.77. The average molecular weight is 582 g/mol. The maximum Gasteiger partial charge on any atom is 0.362 e. The van der Waals surface area contributed by atoms with Gasteiger partial charge in [0.05, 0.1) is 12.5 Å². The van der Waals surface area contributed by atoms with Crippen molar-refractivity contribution in [2.45, 2.75) is 181 Å². The molecular weight excluding hydrogens is 518 g/mol. The topological polar surface area (TPSA) is 115 Å². The minimum atomic E-state index is -1.36. The molecule has 0 aromatic heterocycles. The van der Waals surface area contributed by atoms with E-state index < -0.39 is 40.5 Å². The van der Waals surface area contributed by atoms with Crippen molar-refractivity contribution >= 4 is 17.9 Å². The number of hydrogen-bond acceptors (Lipinski definition) is 4. The van der Waals surface area contributed by atoms with Gasteiger partial charge in [0.1, 0.15) is 6.04 Å². The predicted molar refractivity (Wildman–Crippen MR) is 166 cm³/mol. The highest BCUT2D eigenvalue weighted by Gasteiger charge is 2.53. The summed E-state index contributed by atoms with van der Waals surface area (Å²) in [5.74, 6) is -3.65. The van der Waals surface area contributed by atoms with Crippen LogP contribution in [0.15, 0.2) is 12.2 Å². The zero-order valence-corrected chi connectivity index (χ0v) is 26.9. The van der Waals surface area contributed by atoms with E-state index in [4.69, 9.17) is 0 Å². The number of unbranched alkanes of at least 4 members (excludes halogenated alkanes) is 16. The number of allylic oxidation sites excluding steroid dienone is 2. The van der Waals surface area contributed by atoms with Crippen molar-refractivity contribution in [1.29, 1.82) is 0 Å². The van der Waals surface area contributed by atoms with Crippen LogP contribution in [-0.2, 0) is 14.4 Å². The molecule has 7 heteroatoms. The van der Waals surface area contributed by atoms with Crippen LogP contribution in [0.25, 0.3) is 0 Å². The summed E-state index contributed by atoms with van der Waals surface area (Å²) in [6.07, 6.45) is 26.7. The summed E-state index contributed by atoms with van der Waals surface area (Å²) in [5.41, 5.74) is 0. The van der Waals surface area contributed by atoms with Crippen molar-refractivity contribution in [3.63, 3.8) is 0 Å². The first-order valence-electron chi connectivity index (χ1n) is 16.9. The molecule has 2 N–H and O–H groups in total. The molecular formula is C34H63NO6. The third kappa shape index (κ3) is 15.2. The molecule has 0 aromatic carbocycles. The second kappa shape index (κ2) is 24.7. The molecule has 0 radical (unpaired) electrons. The molecule has 41 heavy (non-hydrogen) atoms. The molecule has 3 unspecified atom stereocenters. The van der Waals surface area contributed by atoms with E-state index in [1.165, 1.54) is 89.9 Å². The van der Waals surface area contributed by atoms with E-state index in [0.29, 0.717) is 6.42 Å². The number of hydrogen-bond donors (Lipinski definition) is 2. The van der Waals surface area contributed by atoms with Gasteiger partial charge in [0.2, 0.25) is 0 Å². The van der Waals surface area contributed by atoms with Gasteiger partial charge in [-0.05, 0) is 38.5 Å². The third-order valence-electron chi connectivity index (χ3n) is 8.80. The zero-order chi connectivity index (χ0) is 30.9. The molecule has 0 aromatic rings. The molecule has 7 nitrogen and oxygen atoms in total. The van der Waals surface area contributed by atoms with Crippen molar-refractivity contribution in [1.82, 2.24) is 0 Å².